The number of rotatable bonds is 4. The molecule has 0 saturated carbocycles. The van der Waals surface area contributed by atoms with Crippen molar-refractivity contribution in [3.8, 4) is 5.75 Å². The minimum Gasteiger partial charge on any atom is -0.496 e. The lowest BCUT2D eigenvalue weighted by Gasteiger charge is -2.31. The van der Waals surface area contributed by atoms with Crippen LogP contribution in [0, 0.1) is 11.3 Å². The van der Waals surface area contributed by atoms with E-state index in [9.17, 15) is 4.79 Å². The summed E-state index contributed by atoms with van der Waals surface area (Å²) in [6.45, 7) is 7.95. The molecule has 1 aliphatic rings. The molecule has 0 spiro atoms. The van der Waals surface area contributed by atoms with Gasteiger partial charge in [0.1, 0.15) is 5.75 Å². The zero-order chi connectivity index (χ0) is 15.5. The van der Waals surface area contributed by atoms with Gasteiger partial charge in [-0.05, 0) is 24.0 Å². The number of benzene rings is 1. The highest BCUT2D eigenvalue weighted by molar-refractivity contribution is 5.96. The lowest BCUT2D eigenvalue weighted by molar-refractivity contribution is 0.00736. The highest BCUT2D eigenvalue weighted by Crippen LogP contribution is 2.34. The van der Waals surface area contributed by atoms with Gasteiger partial charge in [-0.15, -0.1) is 0 Å². The third-order valence-corrected chi connectivity index (χ3v) is 3.94. The first-order chi connectivity index (χ1) is 9.93. The molecule has 1 aromatic carbocycles. The van der Waals surface area contributed by atoms with Crippen LogP contribution < -0.4 is 10.1 Å². The standard InChI is InChI=1S/C17H25NO3/c1-17(2,3)15-12(9-10-21-15)11-18-16(19)13-7-5-6-8-14(13)20-4/h5-8,12,15H,9-11H2,1-4H3,(H,18,19)/t12-,15+/m1/s1. The first-order valence-corrected chi connectivity index (χ1v) is 7.46. The summed E-state index contributed by atoms with van der Waals surface area (Å²) in [7, 11) is 1.58. The molecule has 1 fully saturated rings. The van der Waals surface area contributed by atoms with E-state index in [1.54, 1.807) is 19.2 Å². The summed E-state index contributed by atoms with van der Waals surface area (Å²) < 4.78 is 11.1. The Balaban J connectivity index is 1.98. The SMILES string of the molecule is COc1ccccc1C(=O)NC[C@H]1CCO[C@@H]1C(C)(C)C. The second-order valence-corrected chi connectivity index (χ2v) is 6.62. The Bertz CT molecular complexity index is 493. The lowest BCUT2D eigenvalue weighted by Crippen LogP contribution is -2.38. The van der Waals surface area contributed by atoms with Crippen LogP contribution in [0.15, 0.2) is 24.3 Å². The quantitative estimate of drug-likeness (QED) is 0.928. The molecule has 1 amide bonds. The number of methoxy groups -OCH3 is 1. The number of carbonyl (C=O) groups excluding carboxylic acids is 1. The van der Waals surface area contributed by atoms with Gasteiger partial charge in [0.05, 0.1) is 18.8 Å². The number of hydrogen-bond acceptors (Lipinski definition) is 3. The van der Waals surface area contributed by atoms with Crippen molar-refractivity contribution in [3.05, 3.63) is 29.8 Å². The van der Waals surface area contributed by atoms with Crippen molar-refractivity contribution in [1.29, 1.82) is 0 Å². The van der Waals surface area contributed by atoms with Crippen molar-refractivity contribution in [2.45, 2.75) is 33.3 Å². The van der Waals surface area contributed by atoms with Crippen molar-refractivity contribution in [2.24, 2.45) is 11.3 Å². The first kappa shape index (κ1) is 15.8. The van der Waals surface area contributed by atoms with E-state index in [2.05, 4.69) is 26.1 Å². The summed E-state index contributed by atoms with van der Waals surface area (Å²) >= 11 is 0. The molecule has 116 valence electrons. The van der Waals surface area contributed by atoms with Crippen LogP contribution in [0.2, 0.25) is 0 Å². The van der Waals surface area contributed by atoms with Gasteiger partial charge < -0.3 is 14.8 Å². The van der Waals surface area contributed by atoms with E-state index in [-0.39, 0.29) is 17.4 Å². The summed E-state index contributed by atoms with van der Waals surface area (Å²) in [5, 5.41) is 3.02. The Morgan fingerprint density at radius 3 is 2.76 bits per heavy atom. The lowest BCUT2D eigenvalue weighted by atomic mass is 9.81. The Labute approximate surface area is 126 Å². The molecule has 1 heterocycles. The van der Waals surface area contributed by atoms with Gasteiger partial charge in [0, 0.05) is 19.1 Å². The maximum Gasteiger partial charge on any atom is 0.255 e. The average Bonchev–Trinajstić information content (AvgIpc) is 2.93. The molecule has 4 heteroatoms. The molecule has 0 bridgehead atoms. The third-order valence-electron chi connectivity index (χ3n) is 3.94. The Morgan fingerprint density at radius 1 is 1.38 bits per heavy atom. The van der Waals surface area contributed by atoms with Gasteiger partial charge in [0.15, 0.2) is 0 Å². The van der Waals surface area contributed by atoms with Gasteiger partial charge in [-0.3, -0.25) is 4.79 Å². The van der Waals surface area contributed by atoms with Gasteiger partial charge in [-0.2, -0.15) is 0 Å². The molecule has 1 aromatic rings. The predicted octanol–water partition coefficient (Wildman–Crippen LogP) is 2.88. The summed E-state index contributed by atoms with van der Waals surface area (Å²) in [6, 6.07) is 7.27. The maximum atomic E-state index is 12.3. The van der Waals surface area contributed by atoms with E-state index >= 15 is 0 Å². The molecular formula is C17H25NO3. The Morgan fingerprint density at radius 2 is 2.10 bits per heavy atom. The van der Waals surface area contributed by atoms with Gasteiger partial charge >= 0.3 is 0 Å². The zero-order valence-corrected chi connectivity index (χ0v) is 13.3. The van der Waals surface area contributed by atoms with Crippen LogP contribution in [0.3, 0.4) is 0 Å². The molecule has 0 aromatic heterocycles. The molecule has 1 N–H and O–H groups in total. The van der Waals surface area contributed by atoms with Gasteiger partial charge in [-0.1, -0.05) is 32.9 Å². The third kappa shape index (κ3) is 3.76. The summed E-state index contributed by atoms with van der Waals surface area (Å²) in [5.74, 6) is 0.876. The van der Waals surface area contributed by atoms with Gasteiger partial charge in [-0.25, -0.2) is 0 Å². The van der Waals surface area contributed by atoms with Gasteiger partial charge in [0.2, 0.25) is 0 Å². The van der Waals surface area contributed by atoms with Crippen LogP contribution >= 0.6 is 0 Å². The second kappa shape index (κ2) is 6.48. The Kier molecular flexibility index (Phi) is 4.88. The largest absolute Gasteiger partial charge is 0.496 e. The molecule has 0 unspecified atom stereocenters. The second-order valence-electron chi connectivity index (χ2n) is 6.62. The average molecular weight is 291 g/mol. The zero-order valence-electron chi connectivity index (χ0n) is 13.3. The molecule has 2 atom stereocenters. The normalized spacial score (nSPS) is 22.1. The van der Waals surface area contributed by atoms with Crippen molar-refractivity contribution in [1.82, 2.24) is 5.32 Å². The van der Waals surface area contributed by atoms with Crippen molar-refractivity contribution < 1.29 is 14.3 Å². The number of carbonyl (C=O) groups is 1. The van der Waals surface area contributed by atoms with Crippen LogP contribution in [0.1, 0.15) is 37.6 Å². The van der Waals surface area contributed by atoms with Crippen molar-refractivity contribution in [3.63, 3.8) is 0 Å². The molecule has 4 nitrogen and oxygen atoms in total. The molecule has 2 rings (SSSR count). The van der Waals surface area contributed by atoms with Crippen LogP contribution in [0.5, 0.6) is 5.75 Å². The molecule has 1 saturated heterocycles. The fraction of sp³-hybridized carbons (Fsp3) is 0.588. The van der Waals surface area contributed by atoms with Crippen LogP contribution in [-0.4, -0.2) is 32.3 Å². The molecular weight excluding hydrogens is 266 g/mol. The number of ether oxygens (including phenoxy) is 2. The highest BCUT2D eigenvalue weighted by atomic mass is 16.5. The van der Waals surface area contributed by atoms with Crippen LogP contribution in [0.25, 0.3) is 0 Å². The van der Waals surface area contributed by atoms with Crippen molar-refractivity contribution >= 4 is 5.91 Å². The Hall–Kier alpha value is -1.55. The fourth-order valence-electron chi connectivity index (χ4n) is 2.95. The molecule has 21 heavy (non-hydrogen) atoms. The maximum absolute atomic E-state index is 12.3. The minimum absolute atomic E-state index is 0.0907. The van der Waals surface area contributed by atoms with E-state index in [0.717, 1.165) is 13.0 Å². The van der Waals surface area contributed by atoms with E-state index in [1.165, 1.54) is 0 Å². The smallest absolute Gasteiger partial charge is 0.255 e. The summed E-state index contributed by atoms with van der Waals surface area (Å²) in [4.78, 5) is 12.3. The van der Waals surface area contributed by atoms with E-state index in [1.807, 2.05) is 12.1 Å². The minimum atomic E-state index is -0.0907. The number of para-hydroxylation sites is 1. The number of hydrogen-bond donors (Lipinski definition) is 1. The van der Waals surface area contributed by atoms with E-state index in [0.29, 0.717) is 23.8 Å². The van der Waals surface area contributed by atoms with Crippen LogP contribution in [-0.2, 0) is 4.74 Å². The first-order valence-electron chi connectivity index (χ1n) is 7.46. The van der Waals surface area contributed by atoms with E-state index < -0.39 is 0 Å². The van der Waals surface area contributed by atoms with Crippen LogP contribution in [0.4, 0.5) is 0 Å². The summed E-state index contributed by atoms with van der Waals surface area (Å²) in [5.41, 5.74) is 0.669. The predicted molar refractivity (Wildman–Crippen MR) is 82.6 cm³/mol. The molecule has 1 aliphatic heterocycles. The monoisotopic (exact) mass is 291 g/mol. The van der Waals surface area contributed by atoms with E-state index in [4.69, 9.17) is 9.47 Å². The fourth-order valence-corrected chi connectivity index (χ4v) is 2.95. The molecule has 0 aliphatic carbocycles. The highest BCUT2D eigenvalue weighted by Gasteiger charge is 2.37. The number of nitrogens with one attached hydrogen (secondary N) is 1. The van der Waals surface area contributed by atoms with Gasteiger partial charge in [0.25, 0.3) is 5.91 Å². The van der Waals surface area contributed by atoms with Crippen molar-refractivity contribution in [2.75, 3.05) is 20.3 Å². The number of amides is 1. The summed E-state index contributed by atoms with van der Waals surface area (Å²) in [6.07, 6.45) is 1.18. The topological polar surface area (TPSA) is 47.6 Å². The molecule has 0 radical (unpaired) electrons.